The van der Waals surface area contributed by atoms with Crippen molar-refractivity contribution >= 4 is 5.69 Å². The van der Waals surface area contributed by atoms with Gasteiger partial charge in [0.1, 0.15) is 0 Å². The maximum absolute atomic E-state index is 5.61. The van der Waals surface area contributed by atoms with Crippen LogP contribution in [0.2, 0.25) is 0 Å². The maximum atomic E-state index is 5.61. The van der Waals surface area contributed by atoms with E-state index in [2.05, 4.69) is 0 Å². The van der Waals surface area contributed by atoms with Gasteiger partial charge < -0.3 is 19.9 Å². The van der Waals surface area contributed by atoms with E-state index in [0.29, 0.717) is 23.8 Å². The fourth-order valence-corrected chi connectivity index (χ4v) is 0.995. The lowest BCUT2D eigenvalue weighted by Crippen LogP contribution is -2.03. The quantitative estimate of drug-likeness (QED) is 0.443. The smallest absolute Gasteiger partial charge is 0.189 e. The summed E-state index contributed by atoms with van der Waals surface area (Å²) in [7, 11) is 1.58. The summed E-state index contributed by atoms with van der Waals surface area (Å²) in [6.07, 6.45) is 0. The lowest BCUT2D eigenvalue weighted by Gasteiger charge is -2.10. The highest BCUT2D eigenvalue weighted by Crippen LogP contribution is 2.28. The zero-order valence-electron chi connectivity index (χ0n) is 8.45. The number of ether oxygens (including phenoxy) is 3. The normalized spacial score (nSPS) is 9.86. The first-order valence-electron chi connectivity index (χ1n) is 4.42. The van der Waals surface area contributed by atoms with E-state index in [0.717, 1.165) is 0 Å². The standard InChI is InChI=1S/C10H15NO3/c1-3-13-7-14-10-6-8(11)4-5-9(10)12-2/h4-6H,3,7,11H2,1-2H3. The van der Waals surface area contributed by atoms with Crippen LogP contribution in [0.15, 0.2) is 18.2 Å². The van der Waals surface area contributed by atoms with Gasteiger partial charge in [-0.1, -0.05) is 0 Å². The highest BCUT2D eigenvalue weighted by Gasteiger charge is 2.03. The van der Waals surface area contributed by atoms with Gasteiger partial charge in [-0.05, 0) is 19.1 Å². The van der Waals surface area contributed by atoms with Crippen LogP contribution in [0.1, 0.15) is 6.92 Å². The molecule has 1 aromatic carbocycles. The lowest BCUT2D eigenvalue weighted by molar-refractivity contribution is 0.0209. The van der Waals surface area contributed by atoms with Crippen molar-refractivity contribution in [3.63, 3.8) is 0 Å². The molecule has 0 aliphatic heterocycles. The molecule has 0 atom stereocenters. The average molecular weight is 197 g/mol. The first-order chi connectivity index (χ1) is 6.77. The minimum Gasteiger partial charge on any atom is -0.493 e. The second kappa shape index (κ2) is 5.34. The highest BCUT2D eigenvalue weighted by molar-refractivity contribution is 5.51. The van der Waals surface area contributed by atoms with Crippen molar-refractivity contribution in [3.05, 3.63) is 18.2 Å². The number of anilines is 1. The van der Waals surface area contributed by atoms with Crippen LogP contribution < -0.4 is 15.2 Å². The Bertz CT molecular complexity index is 289. The molecule has 0 aliphatic rings. The van der Waals surface area contributed by atoms with Gasteiger partial charge in [-0.2, -0.15) is 0 Å². The largest absolute Gasteiger partial charge is 0.493 e. The van der Waals surface area contributed by atoms with E-state index in [1.165, 1.54) is 0 Å². The molecule has 0 spiro atoms. The van der Waals surface area contributed by atoms with Gasteiger partial charge in [0.15, 0.2) is 18.3 Å². The van der Waals surface area contributed by atoms with Crippen LogP contribution in [0.25, 0.3) is 0 Å². The Hall–Kier alpha value is -1.42. The van der Waals surface area contributed by atoms with E-state index in [1.807, 2.05) is 6.92 Å². The zero-order chi connectivity index (χ0) is 10.4. The van der Waals surface area contributed by atoms with Gasteiger partial charge in [0, 0.05) is 18.4 Å². The second-order valence-electron chi connectivity index (χ2n) is 2.67. The van der Waals surface area contributed by atoms with Gasteiger partial charge in [0.2, 0.25) is 0 Å². The predicted molar refractivity (Wildman–Crippen MR) is 54.5 cm³/mol. The van der Waals surface area contributed by atoms with Crippen molar-refractivity contribution in [2.24, 2.45) is 0 Å². The summed E-state index contributed by atoms with van der Waals surface area (Å²) in [5.74, 6) is 1.25. The molecule has 0 unspecified atom stereocenters. The molecule has 4 heteroatoms. The van der Waals surface area contributed by atoms with Crippen LogP contribution in [-0.2, 0) is 4.74 Å². The summed E-state index contributed by atoms with van der Waals surface area (Å²) in [4.78, 5) is 0. The van der Waals surface area contributed by atoms with Gasteiger partial charge in [0.05, 0.1) is 7.11 Å². The number of hydrogen-bond acceptors (Lipinski definition) is 4. The van der Waals surface area contributed by atoms with Crippen LogP contribution >= 0.6 is 0 Å². The minimum absolute atomic E-state index is 0.205. The molecule has 0 saturated carbocycles. The van der Waals surface area contributed by atoms with Gasteiger partial charge >= 0.3 is 0 Å². The van der Waals surface area contributed by atoms with E-state index >= 15 is 0 Å². The van der Waals surface area contributed by atoms with E-state index < -0.39 is 0 Å². The number of nitrogens with two attached hydrogens (primary N) is 1. The van der Waals surface area contributed by atoms with Gasteiger partial charge in [-0.15, -0.1) is 0 Å². The third kappa shape index (κ3) is 2.81. The molecule has 1 aromatic rings. The summed E-state index contributed by atoms with van der Waals surface area (Å²) >= 11 is 0. The van der Waals surface area contributed by atoms with E-state index in [9.17, 15) is 0 Å². The van der Waals surface area contributed by atoms with Crippen LogP contribution in [0.5, 0.6) is 11.5 Å². The fraction of sp³-hybridized carbons (Fsp3) is 0.400. The monoisotopic (exact) mass is 197 g/mol. The fourth-order valence-electron chi connectivity index (χ4n) is 0.995. The minimum atomic E-state index is 0.205. The van der Waals surface area contributed by atoms with E-state index in [-0.39, 0.29) is 6.79 Å². The molecule has 78 valence electrons. The Labute approximate surface area is 83.6 Å². The third-order valence-electron chi connectivity index (χ3n) is 1.69. The van der Waals surface area contributed by atoms with Crippen molar-refractivity contribution < 1.29 is 14.2 Å². The number of hydrogen-bond donors (Lipinski definition) is 1. The highest BCUT2D eigenvalue weighted by atomic mass is 16.7. The Morgan fingerprint density at radius 1 is 1.29 bits per heavy atom. The maximum Gasteiger partial charge on any atom is 0.189 e. The molecule has 0 amide bonds. The summed E-state index contributed by atoms with van der Waals surface area (Å²) in [5.41, 5.74) is 6.25. The van der Waals surface area contributed by atoms with E-state index in [1.54, 1.807) is 25.3 Å². The Balaban J connectivity index is 2.67. The van der Waals surface area contributed by atoms with Crippen LogP contribution in [0.3, 0.4) is 0 Å². The van der Waals surface area contributed by atoms with Crippen molar-refractivity contribution in [2.45, 2.75) is 6.92 Å². The predicted octanol–water partition coefficient (Wildman–Crippen LogP) is 1.65. The molecule has 0 saturated heterocycles. The van der Waals surface area contributed by atoms with Crippen LogP contribution in [0, 0.1) is 0 Å². The zero-order valence-corrected chi connectivity index (χ0v) is 8.45. The molecular formula is C10H15NO3. The van der Waals surface area contributed by atoms with Gasteiger partial charge in [-0.25, -0.2) is 0 Å². The molecule has 0 fully saturated rings. The van der Waals surface area contributed by atoms with Crippen molar-refractivity contribution in [1.29, 1.82) is 0 Å². The molecule has 14 heavy (non-hydrogen) atoms. The Kier molecular flexibility index (Phi) is 4.07. The molecule has 0 heterocycles. The average Bonchev–Trinajstić information content (AvgIpc) is 2.19. The Morgan fingerprint density at radius 3 is 2.71 bits per heavy atom. The molecule has 2 N–H and O–H groups in total. The van der Waals surface area contributed by atoms with Crippen molar-refractivity contribution in [2.75, 3.05) is 26.2 Å². The molecule has 1 rings (SSSR count). The summed E-state index contributed by atoms with van der Waals surface area (Å²) in [6.45, 7) is 2.72. The lowest BCUT2D eigenvalue weighted by atomic mass is 10.3. The number of methoxy groups -OCH3 is 1. The van der Waals surface area contributed by atoms with Gasteiger partial charge in [-0.3, -0.25) is 0 Å². The van der Waals surface area contributed by atoms with Crippen molar-refractivity contribution in [1.82, 2.24) is 0 Å². The van der Waals surface area contributed by atoms with Crippen LogP contribution in [-0.4, -0.2) is 20.5 Å². The molecule has 0 aromatic heterocycles. The molecule has 4 nitrogen and oxygen atoms in total. The molecule has 0 aliphatic carbocycles. The topological polar surface area (TPSA) is 53.7 Å². The van der Waals surface area contributed by atoms with E-state index in [4.69, 9.17) is 19.9 Å². The SMILES string of the molecule is CCOCOc1cc(N)ccc1OC. The molecule has 0 radical (unpaired) electrons. The van der Waals surface area contributed by atoms with Crippen LogP contribution in [0.4, 0.5) is 5.69 Å². The second-order valence-corrected chi connectivity index (χ2v) is 2.67. The summed E-state index contributed by atoms with van der Waals surface area (Å²) in [6, 6.07) is 5.22. The Morgan fingerprint density at radius 2 is 2.07 bits per heavy atom. The van der Waals surface area contributed by atoms with Gasteiger partial charge in [0.25, 0.3) is 0 Å². The summed E-state index contributed by atoms with van der Waals surface area (Å²) in [5, 5.41) is 0. The summed E-state index contributed by atoms with van der Waals surface area (Å²) < 4.78 is 15.5. The number of benzene rings is 1. The molecular weight excluding hydrogens is 182 g/mol. The first-order valence-corrected chi connectivity index (χ1v) is 4.42. The molecule has 0 bridgehead atoms. The third-order valence-corrected chi connectivity index (χ3v) is 1.69. The number of nitrogen functional groups attached to an aromatic ring is 1. The number of rotatable bonds is 5. The van der Waals surface area contributed by atoms with Crippen molar-refractivity contribution in [3.8, 4) is 11.5 Å². The first kappa shape index (κ1) is 10.7.